The SMILES string of the molecule is CC[S+]([O-])c1ccc(Cl)cc1CNC(=O)c1cc(CN2CCN(C)CC2)cc(OC(F)(F)F)c1. The lowest BCUT2D eigenvalue weighted by Gasteiger charge is -2.32. The summed E-state index contributed by atoms with van der Waals surface area (Å²) in [4.78, 5) is 17.7. The Bertz CT molecular complexity index is 1000. The van der Waals surface area contributed by atoms with Gasteiger partial charge in [-0.1, -0.05) is 11.6 Å². The molecular weight excluding hydrogens is 491 g/mol. The van der Waals surface area contributed by atoms with Crippen LogP contribution in [0.4, 0.5) is 13.2 Å². The van der Waals surface area contributed by atoms with Gasteiger partial charge in [-0.25, -0.2) is 0 Å². The van der Waals surface area contributed by atoms with Crippen molar-refractivity contribution in [1.29, 1.82) is 0 Å². The number of nitrogens with zero attached hydrogens (tertiary/aromatic N) is 2. The number of amides is 1. The number of nitrogens with one attached hydrogen (secondary N) is 1. The zero-order valence-electron chi connectivity index (χ0n) is 19.0. The molecule has 3 rings (SSSR count). The summed E-state index contributed by atoms with van der Waals surface area (Å²) in [6, 6.07) is 8.84. The number of piperazine rings is 1. The maximum absolute atomic E-state index is 12.9. The summed E-state index contributed by atoms with van der Waals surface area (Å²) in [5.41, 5.74) is 1.18. The second-order valence-electron chi connectivity index (χ2n) is 8.06. The minimum atomic E-state index is -4.87. The average Bonchev–Trinajstić information content (AvgIpc) is 2.77. The minimum Gasteiger partial charge on any atom is -0.611 e. The molecule has 0 aliphatic carbocycles. The van der Waals surface area contributed by atoms with Gasteiger partial charge in [0.2, 0.25) is 0 Å². The summed E-state index contributed by atoms with van der Waals surface area (Å²) < 4.78 is 55.1. The number of carbonyl (C=O) groups excluding carboxylic acids is 1. The smallest absolute Gasteiger partial charge is 0.573 e. The second kappa shape index (κ2) is 11.6. The van der Waals surface area contributed by atoms with Gasteiger partial charge in [0, 0.05) is 55.4 Å². The van der Waals surface area contributed by atoms with Gasteiger partial charge in [0.15, 0.2) is 4.90 Å². The molecule has 34 heavy (non-hydrogen) atoms. The summed E-state index contributed by atoms with van der Waals surface area (Å²) in [6.45, 7) is 5.46. The Morgan fingerprint density at radius 2 is 1.88 bits per heavy atom. The molecule has 0 saturated carbocycles. The van der Waals surface area contributed by atoms with Crippen LogP contribution in [0.3, 0.4) is 0 Å². The van der Waals surface area contributed by atoms with Gasteiger partial charge < -0.3 is 19.5 Å². The van der Waals surface area contributed by atoms with Crippen molar-refractivity contribution in [3.8, 4) is 5.75 Å². The molecular formula is C23H27ClF3N3O3S. The number of ether oxygens (including phenoxy) is 1. The Kier molecular flexibility index (Phi) is 9.11. The Morgan fingerprint density at radius 1 is 1.18 bits per heavy atom. The summed E-state index contributed by atoms with van der Waals surface area (Å²) >= 11 is 4.80. The molecule has 6 nitrogen and oxygen atoms in total. The summed E-state index contributed by atoms with van der Waals surface area (Å²) in [7, 11) is 2.01. The Labute approximate surface area is 205 Å². The third-order valence-corrected chi connectivity index (χ3v) is 7.08. The Balaban J connectivity index is 1.79. The van der Waals surface area contributed by atoms with Crippen LogP contribution in [0.15, 0.2) is 41.3 Å². The first-order valence-electron chi connectivity index (χ1n) is 10.8. The van der Waals surface area contributed by atoms with Gasteiger partial charge in [0.25, 0.3) is 5.91 Å². The molecule has 1 saturated heterocycles. The molecule has 1 aliphatic heterocycles. The van der Waals surface area contributed by atoms with Crippen LogP contribution in [0.25, 0.3) is 0 Å². The molecule has 2 aromatic rings. The van der Waals surface area contributed by atoms with Crippen LogP contribution in [-0.4, -0.2) is 65.6 Å². The fourth-order valence-electron chi connectivity index (χ4n) is 3.68. The topological polar surface area (TPSA) is 67.9 Å². The second-order valence-corrected chi connectivity index (χ2v) is 10.2. The zero-order valence-corrected chi connectivity index (χ0v) is 20.5. The summed E-state index contributed by atoms with van der Waals surface area (Å²) in [6.07, 6.45) is -4.87. The van der Waals surface area contributed by atoms with Crippen LogP contribution in [-0.2, 0) is 24.3 Å². The molecule has 0 bridgehead atoms. The molecule has 0 radical (unpaired) electrons. The predicted molar refractivity (Wildman–Crippen MR) is 125 cm³/mol. The number of hydrogen-bond acceptors (Lipinski definition) is 5. The third kappa shape index (κ3) is 7.78. The maximum atomic E-state index is 12.9. The van der Waals surface area contributed by atoms with E-state index in [9.17, 15) is 22.5 Å². The van der Waals surface area contributed by atoms with Crippen molar-refractivity contribution in [2.75, 3.05) is 39.0 Å². The van der Waals surface area contributed by atoms with E-state index < -0.39 is 29.2 Å². The van der Waals surface area contributed by atoms with E-state index in [0.29, 0.717) is 33.3 Å². The number of likely N-dealkylation sites (N-methyl/N-ethyl adjacent to an activating group) is 1. The fourth-order valence-corrected chi connectivity index (χ4v) is 4.83. The normalized spacial score (nSPS) is 16.3. The van der Waals surface area contributed by atoms with E-state index in [0.717, 1.165) is 32.2 Å². The van der Waals surface area contributed by atoms with Gasteiger partial charge in [-0.15, -0.1) is 13.2 Å². The number of rotatable bonds is 8. The standard InChI is InChI=1S/C23H27ClF3N3O3S/c1-3-34(32)21-5-4-19(24)12-18(21)14-28-22(31)17-10-16(11-20(13-17)33-23(25,26)27)15-30-8-6-29(2)7-9-30/h4-5,10-13H,3,6-9,14-15H2,1-2H3,(H,28,31). The monoisotopic (exact) mass is 517 g/mol. The number of hydrogen-bond donors (Lipinski definition) is 1. The molecule has 1 heterocycles. The fraction of sp³-hybridized carbons (Fsp3) is 0.435. The van der Waals surface area contributed by atoms with E-state index in [1.165, 1.54) is 6.07 Å². The Hall–Kier alpha value is -1.98. The molecule has 11 heteroatoms. The maximum Gasteiger partial charge on any atom is 0.573 e. The van der Waals surface area contributed by atoms with Crippen LogP contribution < -0.4 is 10.1 Å². The van der Waals surface area contributed by atoms with Crippen molar-refractivity contribution in [2.45, 2.75) is 31.3 Å². The van der Waals surface area contributed by atoms with E-state index in [1.54, 1.807) is 31.2 Å². The first kappa shape index (κ1) is 26.6. The number of alkyl halides is 3. The third-order valence-electron chi connectivity index (χ3n) is 5.43. The minimum absolute atomic E-state index is 0.0264. The largest absolute Gasteiger partial charge is 0.611 e. The van der Waals surface area contributed by atoms with E-state index in [-0.39, 0.29) is 12.1 Å². The lowest BCUT2D eigenvalue weighted by atomic mass is 10.1. The van der Waals surface area contributed by atoms with Gasteiger partial charge in [0.1, 0.15) is 11.5 Å². The average molecular weight is 518 g/mol. The zero-order chi connectivity index (χ0) is 24.9. The van der Waals surface area contributed by atoms with Crippen LogP contribution in [0, 0.1) is 0 Å². The highest BCUT2D eigenvalue weighted by molar-refractivity contribution is 7.91. The predicted octanol–water partition coefficient (Wildman–Crippen LogP) is 4.04. The van der Waals surface area contributed by atoms with Gasteiger partial charge in [-0.2, -0.15) is 0 Å². The van der Waals surface area contributed by atoms with Crippen LogP contribution >= 0.6 is 11.6 Å². The number of benzene rings is 2. The van der Waals surface area contributed by atoms with Crippen molar-refractivity contribution >= 4 is 28.7 Å². The molecule has 186 valence electrons. The quantitative estimate of drug-likeness (QED) is 0.535. The van der Waals surface area contributed by atoms with Gasteiger partial charge in [-0.3, -0.25) is 9.69 Å². The lowest BCUT2D eigenvalue weighted by molar-refractivity contribution is -0.274. The van der Waals surface area contributed by atoms with Crippen LogP contribution in [0.2, 0.25) is 5.02 Å². The van der Waals surface area contributed by atoms with Crippen molar-refractivity contribution in [2.24, 2.45) is 0 Å². The first-order valence-corrected chi connectivity index (χ1v) is 12.5. The van der Waals surface area contributed by atoms with Crippen molar-refractivity contribution in [3.05, 3.63) is 58.1 Å². The van der Waals surface area contributed by atoms with E-state index in [4.69, 9.17) is 11.6 Å². The summed E-state index contributed by atoms with van der Waals surface area (Å²) in [5.74, 6) is -0.616. The van der Waals surface area contributed by atoms with Gasteiger partial charge in [-0.05, 0) is 67.1 Å². The molecule has 1 atom stereocenters. The molecule has 1 fully saturated rings. The van der Waals surface area contributed by atoms with Gasteiger partial charge in [0.05, 0.1) is 0 Å². The lowest BCUT2D eigenvalue weighted by Crippen LogP contribution is -2.43. The Morgan fingerprint density at radius 3 is 2.53 bits per heavy atom. The summed E-state index contributed by atoms with van der Waals surface area (Å²) in [5, 5.41) is 3.13. The molecule has 1 N–H and O–H groups in total. The van der Waals surface area contributed by atoms with Crippen molar-refractivity contribution in [3.63, 3.8) is 0 Å². The molecule has 2 aromatic carbocycles. The first-order chi connectivity index (χ1) is 16.0. The molecule has 1 aliphatic rings. The molecule has 1 amide bonds. The van der Waals surface area contributed by atoms with Crippen molar-refractivity contribution in [1.82, 2.24) is 15.1 Å². The van der Waals surface area contributed by atoms with E-state index >= 15 is 0 Å². The highest BCUT2D eigenvalue weighted by Crippen LogP contribution is 2.27. The van der Waals surface area contributed by atoms with E-state index in [2.05, 4.69) is 19.9 Å². The molecule has 0 aromatic heterocycles. The number of halogens is 4. The number of carbonyl (C=O) groups is 1. The van der Waals surface area contributed by atoms with Crippen LogP contribution in [0.5, 0.6) is 5.75 Å². The molecule has 0 spiro atoms. The van der Waals surface area contributed by atoms with E-state index in [1.807, 2.05) is 7.05 Å². The highest BCUT2D eigenvalue weighted by atomic mass is 35.5. The highest BCUT2D eigenvalue weighted by Gasteiger charge is 2.31. The molecule has 1 unspecified atom stereocenters. The van der Waals surface area contributed by atoms with Crippen LogP contribution in [0.1, 0.15) is 28.4 Å². The van der Waals surface area contributed by atoms with Crippen molar-refractivity contribution < 1.29 is 27.3 Å². The van der Waals surface area contributed by atoms with Gasteiger partial charge >= 0.3 is 6.36 Å².